The zero-order valence-electron chi connectivity index (χ0n) is 19.4. The number of aliphatic imine (C=N–C) groups is 1. The molecule has 1 fully saturated rings. The van der Waals surface area contributed by atoms with Gasteiger partial charge in [0, 0.05) is 50.3 Å². The van der Waals surface area contributed by atoms with Crippen LogP contribution in [0, 0.1) is 5.92 Å². The van der Waals surface area contributed by atoms with Crippen molar-refractivity contribution in [1.29, 1.82) is 0 Å². The maximum absolute atomic E-state index is 5.94. The third kappa shape index (κ3) is 7.98. The number of nitrogens with zero attached hydrogens (tertiary/aromatic N) is 2. The van der Waals surface area contributed by atoms with Gasteiger partial charge in [-0.15, -0.1) is 24.0 Å². The molecule has 0 saturated carbocycles. The van der Waals surface area contributed by atoms with Crippen molar-refractivity contribution in [3.8, 4) is 11.5 Å². The van der Waals surface area contributed by atoms with Gasteiger partial charge in [0.25, 0.3) is 0 Å². The summed E-state index contributed by atoms with van der Waals surface area (Å²) < 4.78 is 17.3. The summed E-state index contributed by atoms with van der Waals surface area (Å²) in [6.07, 6.45) is 1.16. The van der Waals surface area contributed by atoms with E-state index in [1.165, 1.54) is 5.56 Å². The highest BCUT2D eigenvalue weighted by Crippen LogP contribution is 2.35. The Balaban J connectivity index is 0.00000341. The van der Waals surface area contributed by atoms with Gasteiger partial charge in [0.15, 0.2) is 5.96 Å². The Bertz CT molecular complexity index is 710. The number of fused-ring (bicyclic) bond motifs is 1. The molecule has 1 aromatic rings. The van der Waals surface area contributed by atoms with Crippen molar-refractivity contribution in [3.63, 3.8) is 0 Å². The zero-order chi connectivity index (χ0) is 21.3. The van der Waals surface area contributed by atoms with Gasteiger partial charge in [0.2, 0.25) is 0 Å². The average Bonchev–Trinajstić information content (AvgIpc) is 3.09. The summed E-state index contributed by atoms with van der Waals surface area (Å²) in [5, 5.41) is 6.86. The first-order valence-corrected chi connectivity index (χ1v) is 11.4. The lowest BCUT2D eigenvalue weighted by atomic mass is 10.1. The largest absolute Gasteiger partial charge is 0.494 e. The summed E-state index contributed by atoms with van der Waals surface area (Å²) in [6.45, 7) is 16.2. The van der Waals surface area contributed by atoms with E-state index in [-0.39, 0.29) is 30.1 Å². The zero-order valence-corrected chi connectivity index (χ0v) is 21.7. The Kier molecular flexibility index (Phi) is 11.2. The van der Waals surface area contributed by atoms with Crippen molar-refractivity contribution in [3.05, 3.63) is 23.3 Å². The van der Waals surface area contributed by atoms with Crippen molar-refractivity contribution in [2.24, 2.45) is 10.9 Å². The number of hydrogen-bond acceptors (Lipinski definition) is 5. The molecule has 2 aliphatic rings. The first kappa shape index (κ1) is 26.0. The smallest absolute Gasteiger partial charge is 0.191 e. The minimum absolute atomic E-state index is 0. The fourth-order valence-electron chi connectivity index (χ4n) is 3.96. The Morgan fingerprint density at radius 3 is 2.74 bits per heavy atom. The molecule has 0 aromatic heterocycles. The van der Waals surface area contributed by atoms with E-state index >= 15 is 0 Å². The molecule has 0 aliphatic carbocycles. The maximum Gasteiger partial charge on any atom is 0.191 e. The number of guanidine groups is 1. The first-order chi connectivity index (χ1) is 14.6. The third-order valence-electron chi connectivity index (χ3n) is 5.42. The van der Waals surface area contributed by atoms with Gasteiger partial charge in [-0.25, -0.2) is 4.99 Å². The topological polar surface area (TPSA) is 67.4 Å². The molecule has 8 heteroatoms. The molecular weight excluding hydrogens is 507 g/mol. The summed E-state index contributed by atoms with van der Waals surface area (Å²) >= 11 is 0. The van der Waals surface area contributed by atoms with Crippen LogP contribution in [0.15, 0.2) is 17.1 Å². The van der Waals surface area contributed by atoms with Gasteiger partial charge in [-0.2, -0.15) is 0 Å². The molecular formula is C23H39IN4O3. The van der Waals surface area contributed by atoms with Crippen LogP contribution >= 0.6 is 24.0 Å². The van der Waals surface area contributed by atoms with Crippen LogP contribution in [-0.4, -0.2) is 69.5 Å². The number of hydrogen-bond donors (Lipinski definition) is 2. The van der Waals surface area contributed by atoms with Crippen LogP contribution in [0.5, 0.6) is 11.5 Å². The van der Waals surface area contributed by atoms with Crippen LogP contribution in [0.4, 0.5) is 0 Å². The van der Waals surface area contributed by atoms with Crippen LogP contribution in [0.2, 0.25) is 0 Å². The van der Waals surface area contributed by atoms with Gasteiger partial charge in [-0.3, -0.25) is 4.90 Å². The molecule has 1 saturated heterocycles. The Morgan fingerprint density at radius 2 is 2.03 bits per heavy atom. The standard InChI is InChI=1S/C23H38N4O3.HI/c1-5-24-23(25-14-17(3)16-27-7-9-28-10-8-27)26-15-20-13-22-19(11-18(4)30-22)12-21(20)29-6-2;/h12-13,17-18H,5-11,14-16H2,1-4H3,(H2,24,25,26);1H. The summed E-state index contributed by atoms with van der Waals surface area (Å²) in [5.74, 6) is 3.24. The van der Waals surface area contributed by atoms with Gasteiger partial charge in [-0.1, -0.05) is 6.92 Å². The molecule has 2 N–H and O–H groups in total. The number of halogens is 1. The summed E-state index contributed by atoms with van der Waals surface area (Å²) in [5.41, 5.74) is 2.28. The Morgan fingerprint density at radius 1 is 1.26 bits per heavy atom. The molecule has 176 valence electrons. The van der Waals surface area contributed by atoms with Gasteiger partial charge >= 0.3 is 0 Å². The fourth-order valence-corrected chi connectivity index (χ4v) is 3.96. The molecule has 2 heterocycles. The van der Waals surface area contributed by atoms with Crippen molar-refractivity contribution in [1.82, 2.24) is 15.5 Å². The molecule has 7 nitrogen and oxygen atoms in total. The number of rotatable bonds is 9. The second-order valence-corrected chi connectivity index (χ2v) is 8.23. The van der Waals surface area contributed by atoms with Crippen LogP contribution in [0.25, 0.3) is 0 Å². The summed E-state index contributed by atoms with van der Waals surface area (Å²) in [6, 6.07) is 4.22. The fraction of sp³-hybridized carbons (Fsp3) is 0.696. The van der Waals surface area contributed by atoms with Gasteiger partial charge in [0.05, 0.1) is 26.4 Å². The summed E-state index contributed by atoms with van der Waals surface area (Å²) in [7, 11) is 0. The second kappa shape index (κ2) is 13.3. The van der Waals surface area contributed by atoms with Crippen molar-refractivity contribution < 1.29 is 14.2 Å². The normalized spacial score (nSPS) is 19.7. The predicted molar refractivity (Wildman–Crippen MR) is 136 cm³/mol. The van der Waals surface area contributed by atoms with Crippen molar-refractivity contribution in [2.75, 3.05) is 52.5 Å². The highest BCUT2D eigenvalue weighted by Gasteiger charge is 2.22. The lowest BCUT2D eigenvalue weighted by Gasteiger charge is -2.29. The molecule has 2 atom stereocenters. The molecule has 0 amide bonds. The quantitative estimate of drug-likeness (QED) is 0.282. The minimum Gasteiger partial charge on any atom is -0.494 e. The molecule has 2 aliphatic heterocycles. The van der Waals surface area contributed by atoms with E-state index in [4.69, 9.17) is 19.2 Å². The Hall–Kier alpha value is -1.26. The van der Waals surface area contributed by atoms with E-state index < -0.39 is 0 Å². The lowest BCUT2D eigenvalue weighted by Crippen LogP contribution is -2.44. The average molecular weight is 546 g/mol. The number of ether oxygens (including phenoxy) is 3. The molecule has 0 spiro atoms. The molecule has 31 heavy (non-hydrogen) atoms. The highest BCUT2D eigenvalue weighted by molar-refractivity contribution is 14.0. The number of benzene rings is 1. The van der Waals surface area contributed by atoms with Crippen molar-refractivity contribution >= 4 is 29.9 Å². The van der Waals surface area contributed by atoms with Gasteiger partial charge in [-0.05, 0) is 38.8 Å². The lowest BCUT2D eigenvalue weighted by molar-refractivity contribution is 0.0320. The predicted octanol–water partition coefficient (Wildman–Crippen LogP) is 3.05. The van der Waals surface area contributed by atoms with E-state index in [9.17, 15) is 0 Å². The second-order valence-electron chi connectivity index (χ2n) is 8.23. The van der Waals surface area contributed by atoms with Gasteiger partial charge < -0.3 is 24.8 Å². The van der Waals surface area contributed by atoms with E-state index in [0.717, 1.165) is 75.4 Å². The van der Waals surface area contributed by atoms with Crippen molar-refractivity contribution in [2.45, 2.75) is 46.8 Å². The summed E-state index contributed by atoms with van der Waals surface area (Å²) in [4.78, 5) is 7.29. The van der Waals surface area contributed by atoms with E-state index in [2.05, 4.69) is 48.4 Å². The molecule has 3 rings (SSSR count). The monoisotopic (exact) mass is 546 g/mol. The molecule has 2 unspecified atom stereocenters. The molecule has 0 radical (unpaired) electrons. The van der Waals surface area contributed by atoms with E-state index in [1.807, 2.05) is 6.92 Å². The highest BCUT2D eigenvalue weighted by atomic mass is 127. The number of nitrogens with one attached hydrogen (secondary N) is 2. The maximum atomic E-state index is 5.94. The first-order valence-electron chi connectivity index (χ1n) is 11.4. The molecule has 1 aromatic carbocycles. The van der Waals surface area contributed by atoms with E-state index in [1.54, 1.807) is 0 Å². The SMILES string of the molecule is CCNC(=NCc1cc2c(cc1OCC)CC(C)O2)NCC(C)CN1CCOCC1.I. The minimum atomic E-state index is 0. The van der Waals surface area contributed by atoms with E-state index in [0.29, 0.717) is 19.1 Å². The van der Waals surface area contributed by atoms with Crippen LogP contribution < -0.4 is 20.1 Å². The third-order valence-corrected chi connectivity index (χ3v) is 5.42. The van der Waals surface area contributed by atoms with Crippen LogP contribution in [0.3, 0.4) is 0 Å². The number of morpholine rings is 1. The van der Waals surface area contributed by atoms with Crippen LogP contribution in [0.1, 0.15) is 38.8 Å². The Labute approximate surface area is 204 Å². The van der Waals surface area contributed by atoms with Crippen LogP contribution in [-0.2, 0) is 17.7 Å². The molecule has 0 bridgehead atoms. The van der Waals surface area contributed by atoms with Gasteiger partial charge in [0.1, 0.15) is 17.6 Å².